The van der Waals surface area contributed by atoms with Crippen molar-refractivity contribution in [1.29, 1.82) is 0 Å². The van der Waals surface area contributed by atoms with E-state index in [1.54, 1.807) is 0 Å². The number of nitrogens with two attached hydrogens (primary N) is 1. The Morgan fingerprint density at radius 3 is 1.20 bits per heavy atom. The van der Waals surface area contributed by atoms with Crippen LogP contribution in [0.4, 0.5) is 0 Å². The van der Waals surface area contributed by atoms with Crippen molar-refractivity contribution in [3.63, 3.8) is 0 Å². The highest BCUT2D eigenvalue weighted by Crippen LogP contribution is 2.45. The molecule has 0 saturated carbocycles. The molecule has 9 rings (SSSR count). The average Bonchev–Trinajstić information content (AvgIpc) is 2.54. The van der Waals surface area contributed by atoms with E-state index in [0.29, 0.717) is 38.8 Å². The third-order valence-corrected chi connectivity index (χ3v) is 16.3. The van der Waals surface area contributed by atoms with Crippen molar-refractivity contribution in [1.82, 2.24) is 31.9 Å². The van der Waals surface area contributed by atoms with Crippen LogP contribution in [0.1, 0.15) is 100 Å². The van der Waals surface area contributed by atoms with Gasteiger partial charge in [0.2, 0.25) is 23.6 Å². The molecule has 8 aromatic carbocycles. The number of Topliss-reactive ketones (excluding diaryl/α,β-unsaturated/α-hetero) is 1. The van der Waals surface area contributed by atoms with Crippen molar-refractivity contribution in [2.24, 2.45) is 5.73 Å². The monoisotopic (exact) mass is 1160 g/mol. The van der Waals surface area contributed by atoms with Gasteiger partial charge in [-0.1, -0.05) is 230 Å². The second-order valence-electron chi connectivity index (χ2n) is 22.2. The Labute approximate surface area is 510 Å². The number of unbranched alkanes of at least 4 members (excludes halogenated alkanes) is 2. The topological polar surface area (TPSA) is 210 Å². The van der Waals surface area contributed by atoms with E-state index in [1.165, 1.54) is 0 Å². The molecule has 1 aliphatic carbocycles. The van der Waals surface area contributed by atoms with Crippen molar-refractivity contribution < 1.29 is 33.5 Å². The number of esters is 1. The quantitative estimate of drug-likeness (QED) is 0.00983. The highest BCUT2D eigenvalue weighted by molar-refractivity contribution is 6.34. The van der Waals surface area contributed by atoms with E-state index in [-0.39, 0.29) is 31.9 Å². The number of nitrogens with one attached hydrogen (secondary N) is 6. The van der Waals surface area contributed by atoms with Crippen molar-refractivity contribution in [3.05, 3.63) is 274 Å². The normalized spacial score (nSPS) is 12.6. The summed E-state index contributed by atoms with van der Waals surface area (Å²) in [5.74, 6) is -4.84. The number of rotatable bonds is 30. The number of aryl methyl sites for hydroxylation is 2. The summed E-state index contributed by atoms with van der Waals surface area (Å²) in [7, 11) is 0. The molecule has 0 spiro atoms. The van der Waals surface area contributed by atoms with E-state index in [1.807, 2.05) is 121 Å². The van der Waals surface area contributed by atoms with Crippen molar-refractivity contribution in [2.75, 3.05) is 39.3 Å². The van der Waals surface area contributed by atoms with Gasteiger partial charge >= 0.3 is 5.97 Å². The Hall–Kier alpha value is -9.34. The summed E-state index contributed by atoms with van der Waals surface area (Å²) in [6.07, 6.45) is 2.53. The molecule has 0 aliphatic heterocycles. The van der Waals surface area contributed by atoms with Gasteiger partial charge in [-0.15, -0.1) is 0 Å². The minimum absolute atomic E-state index is 0.0721. The maximum Gasteiger partial charge on any atom is 0.376 e. The Balaban J connectivity index is 0.849. The van der Waals surface area contributed by atoms with E-state index in [0.717, 1.165) is 66.8 Å². The first-order valence-electron chi connectivity index (χ1n) is 30.0. The molecular formula is C73H77N7O7. The van der Waals surface area contributed by atoms with Gasteiger partial charge in [-0.2, -0.15) is 0 Å². The van der Waals surface area contributed by atoms with Gasteiger partial charge in [-0.3, -0.25) is 34.6 Å². The number of fused-ring (bicyclic) bond motifs is 3. The van der Waals surface area contributed by atoms with Crippen LogP contribution in [-0.4, -0.2) is 86.8 Å². The molecule has 0 saturated heterocycles. The molecule has 4 amide bonds. The summed E-state index contributed by atoms with van der Waals surface area (Å²) in [6, 6.07) is 71.4. The van der Waals surface area contributed by atoms with Crippen LogP contribution in [0.5, 0.6) is 0 Å². The minimum Gasteiger partial charge on any atom is -0.459 e. The van der Waals surface area contributed by atoms with E-state index < -0.39 is 71.6 Å². The van der Waals surface area contributed by atoms with Crippen molar-refractivity contribution >= 4 is 35.4 Å². The molecule has 8 N–H and O–H groups in total. The number of carbonyl (C=O) groups excluding carboxylic acids is 6. The zero-order valence-corrected chi connectivity index (χ0v) is 49.4. The Kier molecular flexibility index (Phi) is 21.5. The maximum atomic E-state index is 14.1. The average molecular weight is 1160 g/mol. The molecule has 0 radical (unpaired) electrons. The molecule has 87 heavy (non-hydrogen) atoms. The van der Waals surface area contributed by atoms with Gasteiger partial charge in [0.15, 0.2) is 0 Å². The van der Waals surface area contributed by atoms with Crippen LogP contribution < -0.4 is 37.6 Å². The lowest BCUT2D eigenvalue weighted by molar-refractivity contribution is -0.153. The fourth-order valence-electron chi connectivity index (χ4n) is 11.8. The summed E-state index contributed by atoms with van der Waals surface area (Å²) in [6.45, 7) is 3.54. The Morgan fingerprint density at radius 1 is 0.437 bits per heavy atom. The number of ether oxygens (including phenoxy) is 1. The van der Waals surface area contributed by atoms with E-state index in [9.17, 15) is 28.8 Å². The molecule has 1 aliphatic rings. The Bertz CT molecular complexity index is 3460. The van der Waals surface area contributed by atoms with Crippen molar-refractivity contribution in [3.8, 4) is 11.1 Å². The van der Waals surface area contributed by atoms with Gasteiger partial charge in [-0.05, 0) is 121 Å². The van der Waals surface area contributed by atoms with Crippen LogP contribution in [0.2, 0.25) is 0 Å². The van der Waals surface area contributed by atoms with Crippen LogP contribution >= 0.6 is 0 Å². The molecule has 0 aromatic heterocycles. The van der Waals surface area contributed by atoms with Gasteiger partial charge in [-0.25, -0.2) is 4.79 Å². The summed E-state index contributed by atoms with van der Waals surface area (Å²) < 4.78 is 5.59. The molecule has 0 unspecified atom stereocenters. The molecule has 446 valence electrons. The third kappa shape index (κ3) is 15.2. The van der Waals surface area contributed by atoms with Crippen LogP contribution in [0, 0.1) is 13.8 Å². The van der Waals surface area contributed by atoms with Gasteiger partial charge in [0.25, 0.3) is 5.78 Å². The predicted molar refractivity (Wildman–Crippen MR) is 340 cm³/mol. The summed E-state index contributed by atoms with van der Waals surface area (Å²) in [5.41, 5.74) is 16.9. The number of hydrogen-bond donors (Lipinski definition) is 7. The molecule has 0 heterocycles. The molecule has 14 heteroatoms. The SMILES string of the molecule is Cc1ccc(C(NCCCC[C@H](NC(=O)CN)C(=O)NCC(=O)N[C@@H](CCCCNC(c2ccccc2)(c2ccccc2)c2ccc(C)cc2)C(=O)NCC(=O)C(=O)OCC2c3ccccc3-c3ccccc32)(c2ccccc2)c2ccccc2)cc1. The smallest absolute Gasteiger partial charge is 0.376 e. The fraction of sp³-hybridized carbons (Fsp3) is 0.260. The first kappa shape index (κ1) is 62.2. The lowest BCUT2D eigenvalue weighted by Gasteiger charge is -2.37. The van der Waals surface area contributed by atoms with Gasteiger partial charge in [0.05, 0.1) is 30.7 Å². The largest absolute Gasteiger partial charge is 0.459 e. The van der Waals surface area contributed by atoms with Crippen LogP contribution in [0.25, 0.3) is 11.1 Å². The highest BCUT2D eigenvalue weighted by atomic mass is 16.5. The standard InChI is InChI=1S/C73H77N7O7/c1-51-37-41-57(42-38-51)72(53-23-7-3-8-24-53,54-25-9-4-10-26-54)77-45-21-19-35-64(79-67(82)47-74)70(85)76-49-68(83)80-65(69(84)75-48-66(81)71(86)87-50-63-61-33-17-15-31-59(61)60-32-16-18-34-62(60)63)36-20-22-46-78-73(55-27-11-5-12-28-55,56-29-13-6-14-30-56)58-43-39-52(2)40-44-58/h3-18,23-34,37-44,63-65,77-78H,19-22,35-36,45-50,74H2,1-2H3,(H,75,84)(H,76,85)(H,79,82)(H,80,83)/t64-,65-/m0/s1. The number of benzene rings is 8. The summed E-state index contributed by atoms with van der Waals surface area (Å²) >= 11 is 0. The summed E-state index contributed by atoms with van der Waals surface area (Å²) in [5, 5.41) is 18.5. The number of amides is 4. The Morgan fingerprint density at radius 2 is 0.793 bits per heavy atom. The van der Waals surface area contributed by atoms with E-state index in [2.05, 4.69) is 143 Å². The van der Waals surface area contributed by atoms with Crippen molar-refractivity contribution in [2.45, 2.75) is 81.5 Å². The molecule has 0 bridgehead atoms. The number of carbonyl (C=O) groups is 6. The van der Waals surface area contributed by atoms with Crippen LogP contribution in [0.15, 0.2) is 218 Å². The van der Waals surface area contributed by atoms with Crippen LogP contribution in [0.3, 0.4) is 0 Å². The number of ketones is 1. The van der Waals surface area contributed by atoms with Gasteiger partial charge in [0.1, 0.15) is 18.7 Å². The molecule has 0 fully saturated rings. The predicted octanol–water partition coefficient (Wildman–Crippen LogP) is 9.19. The van der Waals surface area contributed by atoms with Gasteiger partial charge in [0, 0.05) is 5.92 Å². The number of hydrogen-bond acceptors (Lipinski definition) is 10. The molecule has 8 aromatic rings. The third-order valence-electron chi connectivity index (χ3n) is 16.3. The lowest BCUT2D eigenvalue weighted by Crippen LogP contribution is -2.53. The molecule has 14 nitrogen and oxygen atoms in total. The fourth-order valence-corrected chi connectivity index (χ4v) is 11.8. The second kappa shape index (κ2) is 30.1. The maximum absolute atomic E-state index is 14.1. The van der Waals surface area contributed by atoms with Gasteiger partial charge < -0.3 is 31.7 Å². The zero-order valence-electron chi connectivity index (χ0n) is 49.4. The first-order chi connectivity index (χ1) is 42.4. The summed E-state index contributed by atoms with van der Waals surface area (Å²) in [4.78, 5) is 81.4. The first-order valence-corrected chi connectivity index (χ1v) is 30.0. The molecular weight excluding hydrogens is 1090 g/mol. The second-order valence-corrected chi connectivity index (χ2v) is 22.2. The highest BCUT2D eigenvalue weighted by Gasteiger charge is 2.38. The lowest BCUT2D eigenvalue weighted by atomic mass is 9.76. The van der Waals surface area contributed by atoms with Crippen LogP contribution in [-0.2, 0) is 44.6 Å². The van der Waals surface area contributed by atoms with E-state index in [4.69, 9.17) is 10.5 Å². The zero-order chi connectivity index (χ0) is 61.0. The van der Waals surface area contributed by atoms with E-state index >= 15 is 0 Å². The molecule has 2 atom stereocenters. The minimum atomic E-state index is -1.17.